The maximum absolute atomic E-state index is 12.5. The number of pyridine rings is 1. The van der Waals surface area contributed by atoms with Gasteiger partial charge in [-0.1, -0.05) is 6.07 Å². The molecule has 0 fully saturated rings. The second-order valence-corrected chi connectivity index (χ2v) is 6.80. The first-order valence-electron chi connectivity index (χ1n) is 8.14. The molecule has 0 saturated carbocycles. The van der Waals surface area contributed by atoms with Gasteiger partial charge in [-0.2, -0.15) is 0 Å². The lowest BCUT2D eigenvalue weighted by atomic mass is 10.1. The Bertz CT molecular complexity index is 1050. The van der Waals surface area contributed by atoms with Crippen LogP contribution in [0.15, 0.2) is 58.7 Å². The number of aromatic nitrogens is 2. The first-order chi connectivity index (χ1) is 12.7. The molecular formula is C20H16N2O3S. The topological polar surface area (TPSA) is 65.2 Å². The van der Waals surface area contributed by atoms with Crippen molar-refractivity contribution in [2.45, 2.75) is 12.8 Å². The smallest absolute Gasteiger partial charge is 0.144 e. The average molecular weight is 364 g/mol. The van der Waals surface area contributed by atoms with Gasteiger partial charge in [-0.15, -0.1) is 11.3 Å². The summed E-state index contributed by atoms with van der Waals surface area (Å²) in [7, 11) is 1.61. The van der Waals surface area contributed by atoms with Crippen molar-refractivity contribution in [3.05, 3.63) is 64.8 Å². The van der Waals surface area contributed by atoms with Crippen LogP contribution in [0.1, 0.15) is 10.6 Å². The van der Waals surface area contributed by atoms with Gasteiger partial charge in [-0.05, 0) is 24.3 Å². The lowest BCUT2D eigenvalue weighted by Crippen LogP contribution is -2.06. The van der Waals surface area contributed by atoms with Gasteiger partial charge >= 0.3 is 0 Å². The molecule has 1 aromatic carbocycles. The van der Waals surface area contributed by atoms with Gasteiger partial charge in [0.15, 0.2) is 0 Å². The number of carbonyl (C=O) groups is 1. The number of fused-ring (bicyclic) bond motifs is 1. The fourth-order valence-electron chi connectivity index (χ4n) is 2.80. The summed E-state index contributed by atoms with van der Waals surface area (Å²) >= 11 is 1.48. The molecule has 4 aromatic rings. The van der Waals surface area contributed by atoms with E-state index in [0.717, 1.165) is 38.7 Å². The number of thiazole rings is 1. The fourth-order valence-corrected chi connectivity index (χ4v) is 3.61. The van der Waals surface area contributed by atoms with E-state index in [4.69, 9.17) is 9.15 Å². The Hall–Kier alpha value is -2.99. The number of benzene rings is 1. The van der Waals surface area contributed by atoms with Crippen LogP contribution in [0.2, 0.25) is 0 Å². The van der Waals surface area contributed by atoms with Gasteiger partial charge in [-0.3, -0.25) is 9.78 Å². The number of ether oxygens (including phenoxy) is 1. The second kappa shape index (κ2) is 7.09. The van der Waals surface area contributed by atoms with Crippen molar-refractivity contribution >= 4 is 28.1 Å². The first-order valence-corrected chi connectivity index (χ1v) is 9.02. The van der Waals surface area contributed by atoms with E-state index < -0.39 is 0 Å². The van der Waals surface area contributed by atoms with Gasteiger partial charge in [0.05, 0.1) is 31.2 Å². The number of rotatable bonds is 6. The van der Waals surface area contributed by atoms with Gasteiger partial charge in [-0.25, -0.2) is 4.98 Å². The van der Waals surface area contributed by atoms with E-state index in [1.54, 1.807) is 19.6 Å². The zero-order chi connectivity index (χ0) is 17.9. The lowest BCUT2D eigenvalue weighted by Gasteiger charge is -2.00. The first kappa shape index (κ1) is 16.5. The molecule has 0 N–H and O–H groups in total. The van der Waals surface area contributed by atoms with Crippen molar-refractivity contribution in [1.29, 1.82) is 0 Å². The maximum atomic E-state index is 12.5. The standard InChI is InChI=1S/C20H16N2O3S/c1-24-15-5-6-16-13(11-25-19(16)10-15)8-14(23)9-20-22-18(12-26-20)17-4-2-3-7-21-17/h2-7,10-12H,8-9H2,1H3. The van der Waals surface area contributed by atoms with Gasteiger partial charge in [0.25, 0.3) is 0 Å². The van der Waals surface area contributed by atoms with Crippen LogP contribution >= 0.6 is 11.3 Å². The minimum absolute atomic E-state index is 0.102. The highest BCUT2D eigenvalue weighted by Gasteiger charge is 2.14. The molecule has 0 spiro atoms. The Morgan fingerprint density at radius 2 is 2.12 bits per heavy atom. The minimum atomic E-state index is 0.102. The molecule has 0 radical (unpaired) electrons. The summed E-state index contributed by atoms with van der Waals surface area (Å²) in [5.41, 5.74) is 3.23. The summed E-state index contributed by atoms with van der Waals surface area (Å²) in [4.78, 5) is 21.3. The third-order valence-electron chi connectivity index (χ3n) is 4.08. The predicted octanol–water partition coefficient (Wildman–Crippen LogP) is 4.31. The molecule has 0 atom stereocenters. The third kappa shape index (κ3) is 3.36. The average Bonchev–Trinajstić information content (AvgIpc) is 3.29. The van der Waals surface area contributed by atoms with Crippen molar-refractivity contribution in [3.63, 3.8) is 0 Å². The SMILES string of the molecule is COc1ccc2c(CC(=O)Cc3nc(-c4ccccn4)cs3)coc2c1. The van der Waals surface area contributed by atoms with Crippen LogP contribution in [0.3, 0.4) is 0 Å². The number of furan rings is 1. The van der Waals surface area contributed by atoms with Crippen LogP contribution in [0.4, 0.5) is 0 Å². The molecule has 0 amide bonds. The van der Waals surface area contributed by atoms with E-state index in [1.807, 2.05) is 41.8 Å². The molecule has 6 heteroatoms. The second-order valence-electron chi connectivity index (χ2n) is 5.86. The summed E-state index contributed by atoms with van der Waals surface area (Å²) < 4.78 is 10.7. The molecule has 0 aliphatic heterocycles. The Morgan fingerprint density at radius 1 is 1.19 bits per heavy atom. The number of hydrogen-bond donors (Lipinski definition) is 0. The molecule has 26 heavy (non-hydrogen) atoms. The number of nitrogens with zero attached hydrogens (tertiary/aromatic N) is 2. The number of carbonyl (C=O) groups excluding carboxylic acids is 1. The highest BCUT2D eigenvalue weighted by Crippen LogP contribution is 2.26. The summed E-state index contributed by atoms with van der Waals surface area (Å²) in [6.07, 6.45) is 4.00. The Labute approximate surface area is 154 Å². The molecule has 5 nitrogen and oxygen atoms in total. The molecule has 0 bridgehead atoms. The van der Waals surface area contributed by atoms with Crippen LogP contribution < -0.4 is 4.74 Å². The molecule has 4 rings (SSSR count). The van der Waals surface area contributed by atoms with E-state index in [-0.39, 0.29) is 5.78 Å². The summed E-state index contributed by atoms with van der Waals surface area (Å²) in [6.45, 7) is 0. The summed E-state index contributed by atoms with van der Waals surface area (Å²) in [6, 6.07) is 11.3. The summed E-state index contributed by atoms with van der Waals surface area (Å²) in [5.74, 6) is 0.833. The zero-order valence-electron chi connectivity index (χ0n) is 14.1. The van der Waals surface area contributed by atoms with E-state index in [9.17, 15) is 4.79 Å². The van der Waals surface area contributed by atoms with Crippen molar-refractivity contribution in [1.82, 2.24) is 9.97 Å². The predicted molar refractivity (Wildman–Crippen MR) is 101 cm³/mol. The van der Waals surface area contributed by atoms with Crippen LogP contribution in [-0.4, -0.2) is 22.9 Å². The Balaban J connectivity index is 1.47. The van der Waals surface area contributed by atoms with Crippen LogP contribution in [0.25, 0.3) is 22.4 Å². The zero-order valence-corrected chi connectivity index (χ0v) is 15.0. The molecule has 0 aliphatic carbocycles. The monoisotopic (exact) mass is 364 g/mol. The largest absolute Gasteiger partial charge is 0.497 e. The normalized spacial score (nSPS) is 11.0. The number of ketones is 1. The highest BCUT2D eigenvalue weighted by atomic mass is 32.1. The molecule has 0 saturated heterocycles. The van der Waals surface area contributed by atoms with Crippen LogP contribution in [0.5, 0.6) is 5.75 Å². The lowest BCUT2D eigenvalue weighted by molar-refractivity contribution is -0.117. The molecular weight excluding hydrogens is 348 g/mol. The van der Waals surface area contributed by atoms with E-state index in [2.05, 4.69) is 9.97 Å². The Morgan fingerprint density at radius 3 is 2.92 bits per heavy atom. The number of methoxy groups -OCH3 is 1. The summed E-state index contributed by atoms with van der Waals surface area (Å²) in [5, 5.41) is 3.67. The Kier molecular flexibility index (Phi) is 4.50. The van der Waals surface area contributed by atoms with Crippen LogP contribution in [-0.2, 0) is 17.6 Å². The molecule has 130 valence electrons. The van der Waals surface area contributed by atoms with Crippen molar-refractivity contribution in [2.75, 3.05) is 7.11 Å². The number of hydrogen-bond acceptors (Lipinski definition) is 6. The van der Waals surface area contributed by atoms with E-state index in [1.165, 1.54) is 11.3 Å². The number of Topliss-reactive ketones (excluding diaryl/α,β-unsaturated/α-hetero) is 1. The van der Waals surface area contributed by atoms with Crippen molar-refractivity contribution < 1.29 is 13.9 Å². The molecule has 0 aliphatic rings. The van der Waals surface area contributed by atoms with Gasteiger partial charge in [0.2, 0.25) is 0 Å². The van der Waals surface area contributed by atoms with Crippen molar-refractivity contribution in [3.8, 4) is 17.1 Å². The van der Waals surface area contributed by atoms with E-state index >= 15 is 0 Å². The highest BCUT2D eigenvalue weighted by molar-refractivity contribution is 7.10. The molecule has 0 unspecified atom stereocenters. The third-order valence-corrected chi connectivity index (χ3v) is 4.93. The molecule has 3 heterocycles. The molecule has 3 aromatic heterocycles. The van der Waals surface area contributed by atoms with E-state index in [0.29, 0.717) is 12.8 Å². The minimum Gasteiger partial charge on any atom is -0.497 e. The van der Waals surface area contributed by atoms with Gasteiger partial charge in [0.1, 0.15) is 22.1 Å². The van der Waals surface area contributed by atoms with Crippen molar-refractivity contribution in [2.24, 2.45) is 0 Å². The van der Waals surface area contributed by atoms with Gasteiger partial charge in [0, 0.05) is 35.0 Å². The quantitative estimate of drug-likeness (QED) is 0.510. The van der Waals surface area contributed by atoms with Gasteiger partial charge < -0.3 is 9.15 Å². The fraction of sp³-hybridized carbons (Fsp3) is 0.150. The maximum Gasteiger partial charge on any atom is 0.144 e. The van der Waals surface area contributed by atoms with Crippen LogP contribution in [0, 0.1) is 0 Å².